The molecule has 1 saturated heterocycles. The van der Waals surface area contributed by atoms with Gasteiger partial charge in [0.1, 0.15) is 5.75 Å². The van der Waals surface area contributed by atoms with E-state index in [0.29, 0.717) is 17.1 Å². The van der Waals surface area contributed by atoms with Gasteiger partial charge in [-0.25, -0.2) is 4.79 Å². The van der Waals surface area contributed by atoms with Gasteiger partial charge in [0.15, 0.2) is 6.61 Å². The largest absolute Gasteiger partial charge is 0.495 e. The van der Waals surface area contributed by atoms with Gasteiger partial charge >= 0.3 is 5.97 Å². The van der Waals surface area contributed by atoms with E-state index in [1.54, 1.807) is 36.4 Å². The topological polar surface area (TPSA) is 102 Å². The molecule has 0 radical (unpaired) electrons. The van der Waals surface area contributed by atoms with Gasteiger partial charge < -0.3 is 14.8 Å². The summed E-state index contributed by atoms with van der Waals surface area (Å²) in [5.41, 5.74) is 0.968. The number of rotatable bonds is 6. The number of anilines is 2. The Bertz CT molecular complexity index is 1040. The summed E-state index contributed by atoms with van der Waals surface area (Å²) < 4.78 is 10.3. The number of imide groups is 1. The number of hydrogen-bond donors (Lipinski definition) is 1. The molecule has 2 atom stereocenters. The number of benzene rings is 2. The molecule has 32 heavy (non-hydrogen) atoms. The van der Waals surface area contributed by atoms with E-state index in [9.17, 15) is 19.2 Å². The molecule has 0 spiro atoms. The van der Waals surface area contributed by atoms with Crippen LogP contribution in [0.4, 0.5) is 11.4 Å². The summed E-state index contributed by atoms with van der Waals surface area (Å²) in [4.78, 5) is 51.5. The van der Waals surface area contributed by atoms with Gasteiger partial charge in [0, 0.05) is 0 Å². The predicted octanol–water partition coefficient (Wildman–Crippen LogP) is 3.17. The maximum atomic E-state index is 12.8. The van der Waals surface area contributed by atoms with Gasteiger partial charge in [-0.1, -0.05) is 31.0 Å². The Kier molecular flexibility index (Phi) is 6.20. The minimum atomic E-state index is -0.724. The van der Waals surface area contributed by atoms with Crippen LogP contribution in [-0.4, -0.2) is 37.4 Å². The molecule has 3 amide bonds. The van der Waals surface area contributed by atoms with Crippen molar-refractivity contribution in [2.24, 2.45) is 11.8 Å². The normalized spacial score (nSPS) is 20.0. The minimum Gasteiger partial charge on any atom is -0.495 e. The van der Waals surface area contributed by atoms with E-state index in [1.165, 1.54) is 24.1 Å². The van der Waals surface area contributed by atoms with Crippen LogP contribution in [-0.2, 0) is 19.1 Å². The van der Waals surface area contributed by atoms with Crippen molar-refractivity contribution in [2.75, 3.05) is 23.9 Å². The summed E-state index contributed by atoms with van der Waals surface area (Å²) in [5.74, 6) is -1.72. The number of esters is 1. The molecule has 166 valence electrons. The molecule has 8 nitrogen and oxygen atoms in total. The molecule has 1 aliphatic carbocycles. The molecule has 0 bridgehead atoms. The molecule has 0 aromatic heterocycles. The van der Waals surface area contributed by atoms with Crippen molar-refractivity contribution in [1.29, 1.82) is 0 Å². The lowest BCUT2D eigenvalue weighted by Crippen LogP contribution is -2.31. The van der Waals surface area contributed by atoms with Gasteiger partial charge in [0.05, 0.1) is 35.9 Å². The molecule has 4 rings (SSSR count). The van der Waals surface area contributed by atoms with E-state index in [4.69, 9.17) is 9.47 Å². The number of fused-ring (bicyclic) bond motifs is 1. The number of hydrogen-bond acceptors (Lipinski definition) is 6. The molecular weight excluding hydrogens is 412 g/mol. The molecule has 2 fully saturated rings. The lowest BCUT2D eigenvalue weighted by molar-refractivity contribution is -0.122. The van der Waals surface area contributed by atoms with Gasteiger partial charge in [-0.15, -0.1) is 0 Å². The SMILES string of the molecule is COc1ccccc1NC(=O)COC(=O)c1cccc(N2C(=O)[C@@H]3CCCC[C@H]3C2=O)c1. The first-order chi connectivity index (χ1) is 15.5. The second kappa shape index (κ2) is 9.21. The molecule has 8 heteroatoms. The third kappa shape index (κ3) is 4.21. The van der Waals surface area contributed by atoms with Gasteiger partial charge in [-0.05, 0) is 43.2 Å². The first-order valence-corrected chi connectivity index (χ1v) is 10.6. The van der Waals surface area contributed by atoms with Gasteiger partial charge in [-0.2, -0.15) is 0 Å². The molecule has 1 aliphatic heterocycles. The van der Waals surface area contributed by atoms with Crippen molar-refractivity contribution in [3.8, 4) is 5.75 Å². The van der Waals surface area contributed by atoms with Gasteiger partial charge in [-0.3, -0.25) is 19.3 Å². The first-order valence-electron chi connectivity index (χ1n) is 10.6. The third-order valence-electron chi connectivity index (χ3n) is 5.90. The van der Waals surface area contributed by atoms with Crippen LogP contribution in [0.25, 0.3) is 0 Å². The fourth-order valence-electron chi connectivity index (χ4n) is 4.34. The maximum Gasteiger partial charge on any atom is 0.338 e. The van der Waals surface area contributed by atoms with Crippen LogP contribution >= 0.6 is 0 Å². The predicted molar refractivity (Wildman–Crippen MR) is 116 cm³/mol. The Morgan fingerprint density at radius 1 is 1.00 bits per heavy atom. The number of nitrogens with zero attached hydrogens (tertiary/aromatic N) is 1. The highest BCUT2D eigenvalue weighted by Crippen LogP contribution is 2.40. The van der Waals surface area contributed by atoms with Crippen molar-refractivity contribution in [2.45, 2.75) is 25.7 Å². The van der Waals surface area contributed by atoms with E-state index < -0.39 is 18.5 Å². The fraction of sp³-hybridized carbons (Fsp3) is 0.333. The average Bonchev–Trinajstić information content (AvgIpc) is 3.08. The molecule has 1 N–H and O–H groups in total. The highest BCUT2D eigenvalue weighted by molar-refractivity contribution is 6.22. The molecule has 2 aromatic carbocycles. The summed E-state index contributed by atoms with van der Waals surface area (Å²) >= 11 is 0. The number of carbonyl (C=O) groups is 4. The number of carbonyl (C=O) groups excluding carboxylic acids is 4. The first kappa shape index (κ1) is 21.5. The summed E-state index contributed by atoms with van der Waals surface area (Å²) in [5, 5.41) is 2.63. The number of ether oxygens (including phenoxy) is 2. The zero-order valence-corrected chi connectivity index (χ0v) is 17.7. The van der Waals surface area contributed by atoms with E-state index in [1.807, 2.05) is 0 Å². The minimum absolute atomic E-state index is 0.156. The molecular formula is C24H24N2O6. The fourth-order valence-corrected chi connectivity index (χ4v) is 4.34. The molecule has 2 aromatic rings. The van der Waals surface area contributed by atoms with Crippen LogP contribution in [0.15, 0.2) is 48.5 Å². The number of methoxy groups -OCH3 is 1. The standard InChI is InChI=1S/C24H24N2O6/c1-31-20-12-5-4-11-19(20)25-21(27)14-32-24(30)15-7-6-8-16(13-15)26-22(28)17-9-2-3-10-18(17)23(26)29/h4-8,11-13,17-18H,2-3,9-10,14H2,1H3,(H,25,27)/t17-,18-/m1/s1. The molecule has 1 saturated carbocycles. The zero-order valence-electron chi connectivity index (χ0n) is 17.7. The van der Waals surface area contributed by atoms with E-state index in [0.717, 1.165) is 25.7 Å². The summed E-state index contributed by atoms with van der Waals surface area (Å²) in [6, 6.07) is 13.1. The summed E-state index contributed by atoms with van der Waals surface area (Å²) in [6.07, 6.45) is 3.32. The smallest absolute Gasteiger partial charge is 0.338 e. The molecule has 0 unspecified atom stereocenters. The quantitative estimate of drug-likeness (QED) is 0.551. The van der Waals surface area contributed by atoms with Crippen LogP contribution in [0, 0.1) is 11.8 Å². The van der Waals surface area contributed by atoms with E-state index in [2.05, 4.69) is 5.32 Å². The Balaban J connectivity index is 1.41. The molecule has 2 aliphatic rings. The number of amides is 3. The van der Waals surface area contributed by atoms with Crippen LogP contribution < -0.4 is 15.0 Å². The number of nitrogens with one attached hydrogen (secondary N) is 1. The Morgan fingerprint density at radius 2 is 1.69 bits per heavy atom. The van der Waals surface area contributed by atoms with Crippen LogP contribution in [0.1, 0.15) is 36.0 Å². The van der Waals surface area contributed by atoms with E-state index >= 15 is 0 Å². The lowest BCUT2D eigenvalue weighted by Gasteiger charge is -2.19. The highest BCUT2D eigenvalue weighted by atomic mass is 16.5. The Morgan fingerprint density at radius 3 is 2.38 bits per heavy atom. The second-order valence-corrected chi connectivity index (χ2v) is 7.88. The van der Waals surface area contributed by atoms with Crippen LogP contribution in [0.3, 0.4) is 0 Å². The second-order valence-electron chi connectivity index (χ2n) is 7.88. The van der Waals surface area contributed by atoms with Crippen LogP contribution in [0.5, 0.6) is 5.75 Å². The monoisotopic (exact) mass is 436 g/mol. The van der Waals surface area contributed by atoms with Crippen molar-refractivity contribution >= 4 is 35.1 Å². The van der Waals surface area contributed by atoms with E-state index in [-0.39, 0.29) is 29.2 Å². The summed E-state index contributed by atoms with van der Waals surface area (Å²) in [6.45, 7) is -0.493. The number of para-hydroxylation sites is 2. The highest BCUT2D eigenvalue weighted by Gasteiger charge is 2.48. The van der Waals surface area contributed by atoms with Crippen molar-refractivity contribution < 1.29 is 28.7 Å². The van der Waals surface area contributed by atoms with Gasteiger partial charge in [0.2, 0.25) is 11.8 Å². The average molecular weight is 436 g/mol. The lowest BCUT2D eigenvalue weighted by atomic mass is 9.81. The van der Waals surface area contributed by atoms with Crippen molar-refractivity contribution in [3.05, 3.63) is 54.1 Å². The van der Waals surface area contributed by atoms with Gasteiger partial charge in [0.25, 0.3) is 5.91 Å². The Hall–Kier alpha value is -3.68. The molecule has 1 heterocycles. The summed E-state index contributed by atoms with van der Waals surface area (Å²) in [7, 11) is 1.49. The zero-order chi connectivity index (χ0) is 22.7. The maximum absolute atomic E-state index is 12.8. The van der Waals surface area contributed by atoms with Crippen molar-refractivity contribution in [3.63, 3.8) is 0 Å². The Labute approximate surface area is 185 Å². The van der Waals surface area contributed by atoms with Crippen LogP contribution in [0.2, 0.25) is 0 Å². The van der Waals surface area contributed by atoms with Crippen molar-refractivity contribution in [1.82, 2.24) is 0 Å². The third-order valence-corrected chi connectivity index (χ3v) is 5.90.